The highest BCUT2D eigenvalue weighted by Crippen LogP contribution is 2.34. The normalized spacial score (nSPS) is 18.7. The van der Waals surface area contributed by atoms with Gasteiger partial charge in [0.05, 0.1) is 18.1 Å². The second-order valence-corrected chi connectivity index (χ2v) is 9.93. The van der Waals surface area contributed by atoms with Crippen LogP contribution in [0, 0.1) is 6.92 Å². The summed E-state index contributed by atoms with van der Waals surface area (Å²) in [7, 11) is -3.43. The maximum atomic E-state index is 12.9. The molecule has 152 valence electrons. The van der Waals surface area contributed by atoms with Crippen LogP contribution in [0.3, 0.4) is 0 Å². The van der Waals surface area contributed by atoms with Gasteiger partial charge in [0.1, 0.15) is 5.69 Å². The zero-order valence-corrected chi connectivity index (χ0v) is 17.0. The second kappa shape index (κ2) is 7.65. The molecule has 4 rings (SSSR count). The molecule has 0 aliphatic heterocycles. The third-order valence-electron chi connectivity index (χ3n) is 5.55. The van der Waals surface area contributed by atoms with Crippen LogP contribution in [0.4, 0.5) is 0 Å². The van der Waals surface area contributed by atoms with Crippen LogP contribution in [0.2, 0.25) is 0 Å². The molecule has 1 amide bonds. The van der Waals surface area contributed by atoms with E-state index in [1.807, 2.05) is 55.5 Å². The SMILES string of the molecule is Cc1ccc2[nH]c(C(=O)N[C@@H]3Cc4ccccc4[C@H]3CS(=O)(=O)CCO)cc2c1. The Kier molecular flexibility index (Phi) is 5.19. The molecule has 1 aliphatic rings. The van der Waals surface area contributed by atoms with E-state index in [4.69, 9.17) is 5.11 Å². The Hall–Kier alpha value is -2.64. The lowest BCUT2D eigenvalue weighted by atomic mass is 10.0. The number of hydrogen-bond acceptors (Lipinski definition) is 4. The van der Waals surface area contributed by atoms with Gasteiger partial charge in [0.15, 0.2) is 9.84 Å². The summed E-state index contributed by atoms with van der Waals surface area (Å²) >= 11 is 0. The minimum absolute atomic E-state index is 0.0958. The smallest absolute Gasteiger partial charge is 0.267 e. The lowest BCUT2D eigenvalue weighted by molar-refractivity contribution is 0.0930. The van der Waals surface area contributed by atoms with Gasteiger partial charge >= 0.3 is 0 Å². The van der Waals surface area contributed by atoms with Crippen molar-refractivity contribution in [2.75, 3.05) is 18.1 Å². The van der Waals surface area contributed by atoms with Crippen molar-refractivity contribution in [2.24, 2.45) is 0 Å². The Morgan fingerprint density at radius 1 is 1.21 bits per heavy atom. The average Bonchev–Trinajstić information content (AvgIpc) is 3.23. The molecule has 1 heterocycles. The van der Waals surface area contributed by atoms with Crippen molar-refractivity contribution < 1.29 is 18.3 Å². The number of aliphatic hydroxyl groups excluding tert-OH is 1. The summed E-state index contributed by atoms with van der Waals surface area (Å²) in [6, 6.07) is 15.1. The van der Waals surface area contributed by atoms with Gasteiger partial charge in [-0.25, -0.2) is 8.42 Å². The number of hydrogen-bond donors (Lipinski definition) is 3. The molecule has 0 saturated carbocycles. The van der Waals surface area contributed by atoms with Gasteiger partial charge in [-0.3, -0.25) is 4.79 Å². The fourth-order valence-electron chi connectivity index (χ4n) is 4.15. The molecule has 1 aliphatic carbocycles. The lowest BCUT2D eigenvalue weighted by Crippen LogP contribution is -2.40. The number of aromatic amines is 1. The molecule has 0 radical (unpaired) electrons. The molecular weight excluding hydrogens is 388 g/mol. The van der Waals surface area contributed by atoms with Crippen molar-refractivity contribution in [2.45, 2.75) is 25.3 Å². The fourth-order valence-corrected chi connectivity index (χ4v) is 5.56. The third kappa shape index (κ3) is 4.06. The first-order chi connectivity index (χ1) is 13.9. The standard InChI is InChI=1S/C22H24N2O4S/c1-14-6-7-19-16(10-14)12-21(23-19)22(26)24-20-11-15-4-2-3-5-17(15)18(20)13-29(27,28)9-8-25/h2-7,10,12,18,20,23,25H,8-9,11,13H2,1H3,(H,24,26)/t18-,20-/m1/s1. The topological polar surface area (TPSA) is 99.3 Å². The number of sulfone groups is 1. The van der Waals surface area contributed by atoms with E-state index in [2.05, 4.69) is 10.3 Å². The Morgan fingerprint density at radius 3 is 2.79 bits per heavy atom. The summed E-state index contributed by atoms with van der Waals surface area (Å²) in [5.74, 6) is -0.950. The lowest BCUT2D eigenvalue weighted by Gasteiger charge is -2.21. The van der Waals surface area contributed by atoms with E-state index in [1.54, 1.807) is 0 Å². The summed E-state index contributed by atoms with van der Waals surface area (Å²) in [4.78, 5) is 16.0. The van der Waals surface area contributed by atoms with Crippen molar-refractivity contribution in [1.82, 2.24) is 10.3 Å². The molecule has 2 aromatic carbocycles. The van der Waals surface area contributed by atoms with Crippen LogP contribution in [0.1, 0.15) is 33.1 Å². The fraction of sp³-hybridized carbons (Fsp3) is 0.318. The molecule has 3 aromatic rings. The number of carbonyl (C=O) groups is 1. The average molecular weight is 413 g/mol. The summed E-state index contributed by atoms with van der Waals surface area (Å²) in [5, 5.41) is 13.1. The first kappa shape index (κ1) is 19.7. The molecule has 0 bridgehead atoms. The van der Waals surface area contributed by atoms with E-state index in [-0.39, 0.29) is 29.4 Å². The maximum Gasteiger partial charge on any atom is 0.267 e. The number of rotatable bonds is 6. The quantitative estimate of drug-likeness (QED) is 0.579. The molecule has 3 N–H and O–H groups in total. The number of fused-ring (bicyclic) bond motifs is 2. The maximum absolute atomic E-state index is 12.9. The Labute approximate surface area is 169 Å². The van der Waals surface area contributed by atoms with Crippen molar-refractivity contribution in [3.05, 3.63) is 70.9 Å². The van der Waals surface area contributed by atoms with Gasteiger partial charge in [0, 0.05) is 22.9 Å². The number of aliphatic hydroxyl groups is 1. The highest BCUT2D eigenvalue weighted by Gasteiger charge is 2.36. The van der Waals surface area contributed by atoms with E-state index in [0.717, 1.165) is 27.6 Å². The number of carbonyl (C=O) groups excluding carboxylic acids is 1. The van der Waals surface area contributed by atoms with E-state index in [0.29, 0.717) is 12.1 Å². The first-order valence-electron chi connectivity index (χ1n) is 9.65. The highest BCUT2D eigenvalue weighted by molar-refractivity contribution is 7.91. The highest BCUT2D eigenvalue weighted by atomic mass is 32.2. The van der Waals surface area contributed by atoms with Crippen molar-refractivity contribution in [3.63, 3.8) is 0 Å². The summed E-state index contributed by atoms with van der Waals surface area (Å²) in [6.07, 6.45) is 0.584. The minimum atomic E-state index is -3.43. The number of aromatic nitrogens is 1. The Morgan fingerprint density at radius 2 is 2.00 bits per heavy atom. The van der Waals surface area contributed by atoms with E-state index in [1.165, 1.54) is 0 Å². The van der Waals surface area contributed by atoms with Crippen molar-refractivity contribution in [1.29, 1.82) is 0 Å². The van der Waals surface area contributed by atoms with Crippen LogP contribution in [-0.2, 0) is 16.3 Å². The summed E-state index contributed by atoms with van der Waals surface area (Å²) < 4.78 is 24.7. The van der Waals surface area contributed by atoms with Gasteiger partial charge in [0.25, 0.3) is 5.91 Å². The van der Waals surface area contributed by atoms with Gasteiger partial charge in [-0.1, -0.05) is 35.9 Å². The molecule has 1 aromatic heterocycles. The Bertz CT molecular complexity index is 1170. The van der Waals surface area contributed by atoms with E-state index in [9.17, 15) is 13.2 Å². The second-order valence-electron chi connectivity index (χ2n) is 7.70. The molecule has 0 saturated heterocycles. The molecule has 7 heteroatoms. The van der Waals surface area contributed by atoms with Gasteiger partial charge in [-0.05, 0) is 42.7 Å². The summed E-state index contributed by atoms with van der Waals surface area (Å²) in [5.41, 5.74) is 4.46. The van der Waals surface area contributed by atoms with Crippen LogP contribution >= 0.6 is 0 Å². The Balaban J connectivity index is 1.59. The molecule has 0 spiro atoms. The molecular formula is C22H24N2O4S. The van der Waals surface area contributed by atoms with Crippen LogP contribution in [0.5, 0.6) is 0 Å². The third-order valence-corrected chi connectivity index (χ3v) is 7.22. The van der Waals surface area contributed by atoms with Gasteiger partial charge < -0.3 is 15.4 Å². The van der Waals surface area contributed by atoms with Crippen LogP contribution in [-0.4, -0.2) is 48.6 Å². The molecule has 29 heavy (non-hydrogen) atoms. The van der Waals surface area contributed by atoms with Crippen molar-refractivity contribution >= 4 is 26.6 Å². The molecule has 2 atom stereocenters. The zero-order valence-electron chi connectivity index (χ0n) is 16.2. The van der Waals surface area contributed by atoms with Gasteiger partial charge in [0.2, 0.25) is 0 Å². The number of aryl methyl sites for hydroxylation is 1. The van der Waals surface area contributed by atoms with E-state index < -0.39 is 16.4 Å². The van der Waals surface area contributed by atoms with E-state index >= 15 is 0 Å². The predicted octanol–water partition coefficient (Wildman–Crippen LogP) is 2.32. The monoisotopic (exact) mass is 412 g/mol. The molecule has 0 unspecified atom stereocenters. The molecule has 6 nitrogen and oxygen atoms in total. The number of H-pyrrole nitrogens is 1. The zero-order chi connectivity index (χ0) is 20.6. The van der Waals surface area contributed by atoms with Crippen LogP contribution < -0.4 is 5.32 Å². The summed E-state index contributed by atoms with van der Waals surface area (Å²) in [6.45, 7) is 1.60. The predicted molar refractivity (Wildman–Crippen MR) is 113 cm³/mol. The minimum Gasteiger partial charge on any atom is -0.395 e. The van der Waals surface area contributed by atoms with Crippen LogP contribution in [0.25, 0.3) is 10.9 Å². The van der Waals surface area contributed by atoms with Crippen molar-refractivity contribution in [3.8, 4) is 0 Å². The van der Waals surface area contributed by atoms with Gasteiger partial charge in [-0.2, -0.15) is 0 Å². The number of benzene rings is 2. The van der Waals surface area contributed by atoms with Crippen LogP contribution in [0.15, 0.2) is 48.5 Å². The number of amides is 1. The van der Waals surface area contributed by atoms with Gasteiger partial charge in [-0.15, -0.1) is 0 Å². The first-order valence-corrected chi connectivity index (χ1v) is 11.5. The molecule has 0 fully saturated rings. The number of nitrogens with one attached hydrogen (secondary N) is 2. The largest absolute Gasteiger partial charge is 0.395 e.